The van der Waals surface area contributed by atoms with Crippen molar-refractivity contribution in [2.75, 3.05) is 13.3 Å². The van der Waals surface area contributed by atoms with Crippen LogP contribution in [0.3, 0.4) is 0 Å². The molecule has 1 aliphatic rings. The fourth-order valence-corrected chi connectivity index (χ4v) is 2.99. The Kier molecular flexibility index (Phi) is 5.68. The third-order valence-electron chi connectivity index (χ3n) is 4.19. The van der Waals surface area contributed by atoms with Crippen LogP contribution < -0.4 is 4.74 Å². The molecule has 1 nitrogen and oxygen atoms in total. The van der Waals surface area contributed by atoms with E-state index in [1.807, 2.05) is 0 Å². The van der Waals surface area contributed by atoms with Crippen molar-refractivity contribution in [3.05, 3.63) is 29.8 Å². The smallest absolute Gasteiger partial charge is 0.119 e. The molecule has 0 aromatic heterocycles. The minimum atomic E-state index is -0.154. The monoisotopic (exact) mass is 264 g/mol. The van der Waals surface area contributed by atoms with E-state index in [9.17, 15) is 4.39 Å². The Morgan fingerprint density at radius 3 is 2.37 bits per heavy atom. The Balaban J connectivity index is 1.85. The summed E-state index contributed by atoms with van der Waals surface area (Å²) in [5, 5.41) is 0. The molecule has 0 radical (unpaired) electrons. The van der Waals surface area contributed by atoms with Crippen molar-refractivity contribution in [1.29, 1.82) is 0 Å². The van der Waals surface area contributed by atoms with Gasteiger partial charge in [0.15, 0.2) is 0 Å². The number of hydrogen-bond donors (Lipinski definition) is 0. The zero-order valence-electron chi connectivity index (χ0n) is 11.9. The van der Waals surface area contributed by atoms with E-state index >= 15 is 0 Å². The summed E-state index contributed by atoms with van der Waals surface area (Å²) in [6.07, 6.45) is 6.59. The van der Waals surface area contributed by atoms with E-state index in [4.69, 9.17) is 4.74 Å². The Bertz CT molecular complexity index is 352. The van der Waals surface area contributed by atoms with Crippen LogP contribution in [0.1, 0.15) is 56.9 Å². The Hall–Kier alpha value is -1.05. The number of rotatable bonds is 6. The standard InChI is InChI=1S/C17H25FO/c1-2-13-19-17-9-7-16(8-10-17)15-5-3-14(4-6-15)11-12-18/h7-10,14-15H,2-6,11-13H2,1H3. The van der Waals surface area contributed by atoms with Crippen molar-refractivity contribution in [3.63, 3.8) is 0 Å². The molecule has 0 bridgehead atoms. The molecule has 2 rings (SSSR count). The maximum absolute atomic E-state index is 12.3. The molecule has 0 atom stereocenters. The second-order valence-corrected chi connectivity index (χ2v) is 5.61. The molecule has 1 saturated carbocycles. The third-order valence-corrected chi connectivity index (χ3v) is 4.19. The molecule has 2 heteroatoms. The summed E-state index contributed by atoms with van der Waals surface area (Å²) >= 11 is 0. The summed E-state index contributed by atoms with van der Waals surface area (Å²) in [7, 11) is 0. The Labute approximate surface area is 116 Å². The van der Waals surface area contributed by atoms with Crippen molar-refractivity contribution >= 4 is 0 Å². The van der Waals surface area contributed by atoms with Gasteiger partial charge in [0.1, 0.15) is 5.75 Å². The topological polar surface area (TPSA) is 9.23 Å². The van der Waals surface area contributed by atoms with Gasteiger partial charge in [0.05, 0.1) is 13.3 Å². The van der Waals surface area contributed by atoms with Crippen molar-refractivity contribution in [3.8, 4) is 5.75 Å². The summed E-state index contributed by atoms with van der Waals surface area (Å²) < 4.78 is 17.9. The van der Waals surface area contributed by atoms with Crippen LogP contribution in [0.4, 0.5) is 4.39 Å². The fourth-order valence-electron chi connectivity index (χ4n) is 2.99. The van der Waals surface area contributed by atoms with Crippen LogP contribution in [0.2, 0.25) is 0 Å². The first kappa shape index (κ1) is 14.4. The lowest BCUT2D eigenvalue weighted by Crippen LogP contribution is -2.13. The SMILES string of the molecule is CCCOc1ccc(C2CCC(CCF)CC2)cc1. The summed E-state index contributed by atoms with van der Waals surface area (Å²) in [4.78, 5) is 0. The van der Waals surface area contributed by atoms with E-state index in [2.05, 4.69) is 31.2 Å². The largest absolute Gasteiger partial charge is 0.494 e. The molecular weight excluding hydrogens is 239 g/mol. The van der Waals surface area contributed by atoms with Crippen molar-refractivity contribution in [1.82, 2.24) is 0 Å². The van der Waals surface area contributed by atoms with Crippen LogP contribution in [0.5, 0.6) is 5.75 Å². The van der Waals surface area contributed by atoms with Gasteiger partial charge in [-0.3, -0.25) is 4.39 Å². The molecule has 0 aliphatic heterocycles. The van der Waals surface area contributed by atoms with E-state index in [0.29, 0.717) is 11.8 Å². The first-order chi connectivity index (χ1) is 9.33. The molecule has 19 heavy (non-hydrogen) atoms. The molecule has 0 heterocycles. The number of halogens is 1. The molecular formula is C17H25FO. The summed E-state index contributed by atoms with van der Waals surface area (Å²) in [6.45, 7) is 2.75. The average Bonchev–Trinajstić information content (AvgIpc) is 2.47. The number of ether oxygens (including phenoxy) is 1. The van der Waals surface area contributed by atoms with Crippen LogP contribution in [-0.2, 0) is 0 Å². The highest BCUT2D eigenvalue weighted by Crippen LogP contribution is 2.37. The number of hydrogen-bond acceptors (Lipinski definition) is 1. The molecule has 1 aliphatic carbocycles. The summed E-state index contributed by atoms with van der Waals surface area (Å²) in [5.74, 6) is 2.25. The molecule has 0 unspecified atom stereocenters. The van der Waals surface area contributed by atoms with Crippen LogP contribution >= 0.6 is 0 Å². The Morgan fingerprint density at radius 2 is 1.79 bits per heavy atom. The minimum Gasteiger partial charge on any atom is -0.494 e. The van der Waals surface area contributed by atoms with Crippen molar-refractivity contribution < 1.29 is 9.13 Å². The zero-order chi connectivity index (χ0) is 13.5. The Morgan fingerprint density at radius 1 is 1.11 bits per heavy atom. The molecule has 1 fully saturated rings. The predicted molar refractivity (Wildman–Crippen MR) is 77.5 cm³/mol. The fraction of sp³-hybridized carbons (Fsp3) is 0.647. The zero-order valence-corrected chi connectivity index (χ0v) is 11.9. The van der Waals surface area contributed by atoms with E-state index in [-0.39, 0.29) is 6.67 Å². The second kappa shape index (κ2) is 7.52. The third kappa shape index (κ3) is 4.22. The van der Waals surface area contributed by atoms with Gasteiger partial charge in [-0.2, -0.15) is 0 Å². The van der Waals surface area contributed by atoms with Gasteiger partial charge in [0.25, 0.3) is 0 Å². The van der Waals surface area contributed by atoms with Crippen molar-refractivity contribution in [2.24, 2.45) is 5.92 Å². The van der Waals surface area contributed by atoms with Gasteiger partial charge in [-0.1, -0.05) is 19.1 Å². The summed E-state index contributed by atoms with van der Waals surface area (Å²) in [6, 6.07) is 8.56. The molecule has 0 amide bonds. The van der Waals surface area contributed by atoms with Crippen LogP contribution in [0.25, 0.3) is 0 Å². The van der Waals surface area contributed by atoms with Gasteiger partial charge in [0.2, 0.25) is 0 Å². The van der Waals surface area contributed by atoms with Gasteiger partial charge in [-0.05, 0) is 68.1 Å². The van der Waals surface area contributed by atoms with Gasteiger partial charge in [-0.15, -0.1) is 0 Å². The molecule has 0 spiro atoms. The normalized spacial score (nSPS) is 23.3. The molecule has 0 N–H and O–H groups in total. The maximum atomic E-state index is 12.3. The molecule has 1 aromatic carbocycles. The molecule has 106 valence electrons. The number of benzene rings is 1. The van der Waals surface area contributed by atoms with E-state index in [0.717, 1.165) is 25.2 Å². The lowest BCUT2D eigenvalue weighted by Gasteiger charge is -2.28. The minimum absolute atomic E-state index is 0.154. The first-order valence-corrected chi connectivity index (χ1v) is 7.62. The van der Waals surface area contributed by atoms with Crippen LogP contribution in [0.15, 0.2) is 24.3 Å². The summed E-state index contributed by atoms with van der Waals surface area (Å²) in [5.41, 5.74) is 1.42. The van der Waals surface area contributed by atoms with E-state index < -0.39 is 0 Å². The van der Waals surface area contributed by atoms with Crippen molar-refractivity contribution in [2.45, 2.75) is 51.4 Å². The molecule has 0 saturated heterocycles. The first-order valence-electron chi connectivity index (χ1n) is 7.62. The van der Waals surface area contributed by atoms with Gasteiger partial charge < -0.3 is 4.74 Å². The van der Waals surface area contributed by atoms with Gasteiger partial charge in [0, 0.05) is 0 Å². The highest BCUT2D eigenvalue weighted by atomic mass is 19.1. The van der Waals surface area contributed by atoms with E-state index in [1.54, 1.807) is 0 Å². The maximum Gasteiger partial charge on any atom is 0.119 e. The average molecular weight is 264 g/mol. The van der Waals surface area contributed by atoms with Crippen LogP contribution in [0, 0.1) is 5.92 Å². The molecule has 1 aromatic rings. The highest BCUT2D eigenvalue weighted by Gasteiger charge is 2.21. The van der Waals surface area contributed by atoms with Crippen LogP contribution in [-0.4, -0.2) is 13.3 Å². The van der Waals surface area contributed by atoms with Gasteiger partial charge >= 0.3 is 0 Å². The second-order valence-electron chi connectivity index (χ2n) is 5.61. The lowest BCUT2D eigenvalue weighted by molar-refractivity contribution is 0.283. The lowest BCUT2D eigenvalue weighted by atomic mass is 9.78. The highest BCUT2D eigenvalue weighted by molar-refractivity contribution is 5.29. The quantitative estimate of drug-likeness (QED) is 0.694. The number of alkyl halides is 1. The van der Waals surface area contributed by atoms with Gasteiger partial charge in [-0.25, -0.2) is 0 Å². The predicted octanol–water partition coefficient (Wildman–Crippen LogP) is 5.11. The van der Waals surface area contributed by atoms with E-state index in [1.165, 1.54) is 31.2 Å².